The summed E-state index contributed by atoms with van der Waals surface area (Å²) in [5.74, 6) is 1.84. The average Bonchev–Trinajstić information content (AvgIpc) is 3.10. The van der Waals surface area contributed by atoms with E-state index in [1.54, 1.807) is 6.20 Å². The van der Waals surface area contributed by atoms with Crippen molar-refractivity contribution in [3.05, 3.63) is 53.9 Å². The molecular formula is C16H19N5O. The fourth-order valence-corrected chi connectivity index (χ4v) is 2.32. The fourth-order valence-electron chi connectivity index (χ4n) is 2.32. The van der Waals surface area contributed by atoms with E-state index >= 15 is 0 Å². The van der Waals surface area contributed by atoms with Crippen molar-refractivity contribution >= 4 is 0 Å². The largest absolute Gasteiger partial charge is 0.359 e. The lowest BCUT2D eigenvalue weighted by molar-refractivity contribution is 0.262. The molecule has 0 bridgehead atoms. The normalized spacial score (nSPS) is 11.3. The molecule has 0 atom stereocenters. The Kier molecular flexibility index (Phi) is 4.02. The van der Waals surface area contributed by atoms with Gasteiger partial charge in [-0.2, -0.15) is 0 Å². The summed E-state index contributed by atoms with van der Waals surface area (Å²) in [4.78, 5) is 10.8. The molecule has 3 aromatic heterocycles. The number of aryl methyl sites for hydroxylation is 1. The van der Waals surface area contributed by atoms with Crippen LogP contribution >= 0.6 is 0 Å². The first-order valence-corrected chi connectivity index (χ1v) is 7.16. The van der Waals surface area contributed by atoms with Crippen LogP contribution in [-0.4, -0.2) is 31.6 Å². The van der Waals surface area contributed by atoms with E-state index < -0.39 is 0 Å². The van der Waals surface area contributed by atoms with E-state index in [1.165, 1.54) is 5.69 Å². The van der Waals surface area contributed by atoms with Crippen molar-refractivity contribution in [2.75, 3.05) is 7.05 Å². The van der Waals surface area contributed by atoms with Crippen LogP contribution in [0.1, 0.15) is 17.3 Å². The third-order valence-electron chi connectivity index (χ3n) is 3.66. The highest BCUT2D eigenvalue weighted by Gasteiger charge is 2.11. The minimum atomic E-state index is 0.685. The van der Waals surface area contributed by atoms with Crippen LogP contribution in [0.2, 0.25) is 0 Å². The van der Waals surface area contributed by atoms with Crippen molar-refractivity contribution in [3.63, 3.8) is 0 Å². The van der Waals surface area contributed by atoms with Crippen LogP contribution in [0.3, 0.4) is 0 Å². The first-order chi connectivity index (χ1) is 10.6. The Morgan fingerprint density at radius 3 is 2.73 bits per heavy atom. The lowest BCUT2D eigenvalue weighted by atomic mass is 10.2. The third kappa shape index (κ3) is 3.07. The van der Waals surface area contributed by atoms with Gasteiger partial charge in [0.1, 0.15) is 11.5 Å². The summed E-state index contributed by atoms with van der Waals surface area (Å²) in [6.45, 7) is 3.49. The fraction of sp³-hybridized carbons (Fsp3) is 0.312. The Labute approximate surface area is 129 Å². The number of pyridine rings is 1. The lowest BCUT2D eigenvalue weighted by Crippen LogP contribution is -2.18. The number of rotatable bonds is 5. The van der Waals surface area contributed by atoms with Gasteiger partial charge in [0.25, 0.3) is 0 Å². The standard InChI is InChI=1S/C16H19N5O/c1-12-18-9-13(21(12)3)10-20(2)11-14-8-16(19-22-14)15-6-4-5-7-17-15/h4-9H,10-11H2,1-3H3. The van der Waals surface area contributed by atoms with Gasteiger partial charge in [-0.25, -0.2) is 4.98 Å². The van der Waals surface area contributed by atoms with Gasteiger partial charge in [0, 0.05) is 32.1 Å². The molecule has 3 aromatic rings. The maximum atomic E-state index is 5.41. The Morgan fingerprint density at radius 2 is 2.05 bits per heavy atom. The molecule has 0 radical (unpaired) electrons. The molecule has 0 saturated heterocycles. The Morgan fingerprint density at radius 1 is 1.18 bits per heavy atom. The molecule has 3 heterocycles. The molecule has 6 nitrogen and oxygen atoms in total. The molecule has 0 aliphatic carbocycles. The molecule has 0 saturated carbocycles. The van der Waals surface area contributed by atoms with Crippen LogP contribution in [0.4, 0.5) is 0 Å². The summed E-state index contributed by atoms with van der Waals surface area (Å²) in [5, 5.41) is 4.09. The Hall–Kier alpha value is -2.47. The quantitative estimate of drug-likeness (QED) is 0.724. The molecule has 0 aromatic carbocycles. The number of hydrogen-bond acceptors (Lipinski definition) is 5. The van der Waals surface area contributed by atoms with E-state index in [2.05, 4.69) is 24.6 Å². The SMILES string of the molecule is Cc1ncc(CN(C)Cc2cc(-c3ccccn3)no2)n1C. The summed E-state index contributed by atoms with van der Waals surface area (Å²) in [6.07, 6.45) is 3.66. The monoisotopic (exact) mass is 297 g/mol. The van der Waals surface area contributed by atoms with Crippen molar-refractivity contribution < 1.29 is 4.52 Å². The first-order valence-electron chi connectivity index (χ1n) is 7.16. The molecule has 22 heavy (non-hydrogen) atoms. The zero-order valence-electron chi connectivity index (χ0n) is 13.0. The van der Waals surface area contributed by atoms with Gasteiger partial charge in [0.15, 0.2) is 5.76 Å². The lowest BCUT2D eigenvalue weighted by Gasteiger charge is -2.14. The molecule has 0 spiro atoms. The summed E-state index contributed by atoms with van der Waals surface area (Å²) < 4.78 is 7.50. The smallest absolute Gasteiger partial charge is 0.151 e. The van der Waals surface area contributed by atoms with Crippen molar-refractivity contribution in [1.82, 2.24) is 24.6 Å². The van der Waals surface area contributed by atoms with Crippen molar-refractivity contribution in [1.29, 1.82) is 0 Å². The summed E-state index contributed by atoms with van der Waals surface area (Å²) in [7, 11) is 4.07. The van der Waals surface area contributed by atoms with Crippen LogP contribution in [0.5, 0.6) is 0 Å². The second-order valence-electron chi connectivity index (χ2n) is 5.42. The predicted octanol–water partition coefficient (Wildman–Crippen LogP) is 2.41. The molecule has 0 fully saturated rings. The molecule has 0 aliphatic heterocycles. The summed E-state index contributed by atoms with van der Waals surface area (Å²) in [6, 6.07) is 7.68. The van der Waals surface area contributed by atoms with Gasteiger partial charge >= 0.3 is 0 Å². The van der Waals surface area contributed by atoms with Crippen LogP contribution in [0, 0.1) is 6.92 Å². The van der Waals surface area contributed by atoms with Gasteiger partial charge in [-0.3, -0.25) is 9.88 Å². The van der Waals surface area contributed by atoms with Crippen LogP contribution in [0.15, 0.2) is 41.2 Å². The number of imidazole rings is 1. The van der Waals surface area contributed by atoms with Gasteiger partial charge < -0.3 is 9.09 Å². The number of aromatic nitrogens is 4. The zero-order valence-corrected chi connectivity index (χ0v) is 13.0. The maximum Gasteiger partial charge on any atom is 0.151 e. The van der Waals surface area contributed by atoms with Gasteiger partial charge in [-0.15, -0.1) is 0 Å². The predicted molar refractivity (Wildman–Crippen MR) is 82.9 cm³/mol. The maximum absolute atomic E-state index is 5.41. The van der Waals surface area contributed by atoms with Gasteiger partial charge in [0.05, 0.1) is 17.9 Å². The first kappa shape index (κ1) is 14.5. The van der Waals surface area contributed by atoms with Crippen molar-refractivity contribution in [2.24, 2.45) is 7.05 Å². The third-order valence-corrected chi connectivity index (χ3v) is 3.66. The van der Waals surface area contributed by atoms with E-state index in [0.29, 0.717) is 6.54 Å². The minimum absolute atomic E-state index is 0.685. The molecule has 0 N–H and O–H groups in total. The van der Waals surface area contributed by atoms with E-state index in [0.717, 1.165) is 29.5 Å². The topological polar surface area (TPSA) is 60.0 Å². The second kappa shape index (κ2) is 6.11. The average molecular weight is 297 g/mol. The van der Waals surface area contributed by atoms with Crippen molar-refractivity contribution in [2.45, 2.75) is 20.0 Å². The second-order valence-corrected chi connectivity index (χ2v) is 5.42. The van der Waals surface area contributed by atoms with E-state index in [9.17, 15) is 0 Å². The van der Waals surface area contributed by atoms with Crippen LogP contribution < -0.4 is 0 Å². The van der Waals surface area contributed by atoms with E-state index in [1.807, 2.05) is 51.5 Å². The Bertz CT molecular complexity index is 747. The van der Waals surface area contributed by atoms with E-state index in [4.69, 9.17) is 4.52 Å². The summed E-state index contributed by atoms with van der Waals surface area (Å²) in [5.41, 5.74) is 2.76. The van der Waals surface area contributed by atoms with E-state index in [-0.39, 0.29) is 0 Å². The highest BCUT2D eigenvalue weighted by atomic mass is 16.5. The molecule has 0 unspecified atom stereocenters. The molecule has 3 rings (SSSR count). The van der Waals surface area contributed by atoms with Crippen LogP contribution in [0.25, 0.3) is 11.4 Å². The molecule has 6 heteroatoms. The van der Waals surface area contributed by atoms with Gasteiger partial charge in [-0.05, 0) is 26.1 Å². The van der Waals surface area contributed by atoms with Gasteiger partial charge in [-0.1, -0.05) is 11.2 Å². The zero-order chi connectivity index (χ0) is 15.5. The molecule has 114 valence electrons. The number of nitrogens with zero attached hydrogens (tertiary/aromatic N) is 5. The molecule has 0 aliphatic rings. The summed E-state index contributed by atoms with van der Waals surface area (Å²) >= 11 is 0. The van der Waals surface area contributed by atoms with Crippen LogP contribution in [-0.2, 0) is 20.1 Å². The Balaban J connectivity index is 1.66. The molecular weight excluding hydrogens is 278 g/mol. The number of hydrogen-bond donors (Lipinski definition) is 0. The minimum Gasteiger partial charge on any atom is -0.359 e. The van der Waals surface area contributed by atoms with Gasteiger partial charge in [0.2, 0.25) is 0 Å². The highest BCUT2D eigenvalue weighted by Crippen LogP contribution is 2.17. The highest BCUT2D eigenvalue weighted by molar-refractivity contribution is 5.52. The van der Waals surface area contributed by atoms with Crippen molar-refractivity contribution in [3.8, 4) is 11.4 Å². The molecule has 0 amide bonds.